The lowest BCUT2D eigenvalue weighted by atomic mass is 9.99. The van der Waals surface area contributed by atoms with Crippen LogP contribution in [-0.2, 0) is 4.74 Å². The fourth-order valence-corrected chi connectivity index (χ4v) is 3.45. The van der Waals surface area contributed by atoms with E-state index in [9.17, 15) is 0 Å². The predicted octanol–water partition coefficient (Wildman–Crippen LogP) is 2.89. The Morgan fingerprint density at radius 2 is 1.73 bits per heavy atom. The minimum absolute atomic E-state index is 0.649. The van der Waals surface area contributed by atoms with Gasteiger partial charge in [-0.3, -0.25) is 9.80 Å². The molecule has 0 N–H and O–H groups in total. The van der Waals surface area contributed by atoms with Crippen molar-refractivity contribution >= 4 is 6.08 Å². The summed E-state index contributed by atoms with van der Waals surface area (Å²) in [5.41, 5.74) is 2.94. The Morgan fingerprint density at radius 1 is 1.05 bits per heavy atom. The van der Waals surface area contributed by atoms with Gasteiger partial charge in [-0.15, -0.1) is 0 Å². The molecule has 1 aromatic rings. The second kappa shape index (κ2) is 7.91. The Hall–Kier alpha value is -1.16. The molecule has 0 unspecified atom stereocenters. The molecule has 3 heteroatoms. The van der Waals surface area contributed by atoms with E-state index in [-0.39, 0.29) is 0 Å². The summed E-state index contributed by atoms with van der Waals surface area (Å²) in [5, 5.41) is 0. The van der Waals surface area contributed by atoms with Crippen LogP contribution in [0.1, 0.15) is 25.3 Å². The lowest BCUT2D eigenvalue weighted by Crippen LogP contribution is -2.47. The molecule has 2 aliphatic rings. The van der Waals surface area contributed by atoms with E-state index < -0.39 is 0 Å². The lowest BCUT2D eigenvalue weighted by Gasteiger charge is -2.37. The van der Waals surface area contributed by atoms with Crippen molar-refractivity contribution in [2.75, 3.05) is 45.9 Å². The van der Waals surface area contributed by atoms with Crippen LogP contribution in [0.15, 0.2) is 35.9 Å². The van der Waals surface area contributed by atoms with Gasteiger partial charge in [0.05, 0.1) is 13.2 Å². The zero-order valence-corrected chi connectivity index (χ0v) is 13.7. The van der Waals surface area contributed by atoms with Gasteiger partial charge in [-0.2, -0.15) is 0 Å². The molecule has 120 valence electrons. The summed E-state index contributed by atoms with van der Waals surface area (Å²) in [6.07, 6.45) is 4.80. The molecule has 1 atom stereocenters. The quantitative estimate of drug-likeness (QED) is 0.850. The van der Waals surface area contributed by atoms with Crippen molar-refractivity contribution in [2.24, 2.45) is 0 Å². The van der Waals surface area contributed by atoms with Gasteiger partial charge in [-0.25, -0.2) is 0 Å². The highest BCUT2D eigenvalue weighted by atomic mass is 16.5. The Morgan fingerprint density at radius 3 is 2.41 bits per heavy atom. The SMILES string of the molecule is C[C@H](CN1CCOCC1)N1CCC(=Cc2ccccc2)CC1. The van der Waals surface area contributed by atoms with Crippen molar-refractivity contribution < 1.29 is 4.74 Å². The largest absolute Gasteiger partial charge is 0.379 e. The van der Waals surface area contributed by atoms with E-state index >= 15 is 0 Å². The average molecular weight is 300 g/mol. The maximum Gasteiger partial charge on any atom is 0.0594 e. The van der Waals surface area contributed by atoms with E-state index in [1.807, 2.05) is 0 Å². The van der Waals surface area contributed by atoms with Crippen molar-refractivity contribution in [3.63, 3.8) is 0 Å². The first-order chi connectivity index (χ1) is 10.8. The minimum Gasteiger partial charge on any atom is -0.379 e. The summed E-state index contributed by atoms with van der Waals surface area (Å²) < 4.78 is 5.43. The number of piperidine rings is 1. The molecule has 0 aromatic heterocycles. The number of benzene rings is 1. The maximum absolute atomic E-state index is 5.43. The van der Waals surface area contributed by atoms with E-state index in [2.05, 4.69) is 53.1 Å². The van der Waals surface area contributed by atoms with E-state index in [0.29, 0.717) is 6.04 Å². The standard InChI is InChI=1S/C19H28N2O/c1-17(16-20-11-13-22-14-12-20)21-9-7-19(8-10-21)15-18-5-3-2-4-6-18/h2-6,15,17H,7-14,16H2,1H3/t17-/m1/s1. The molecule has 3 nitrogen and oxygen atoms in total. The molecule has 2 aliphatic heterocycles. The van der Waals surface area contributed by atoms with Gasteiger partial charge >= 0.3 is 0 Å². The van der Waals surface area contributed by atoms with Crippen LogP contribution in [0, 0.1) is 0 Å². The second-order valence-corrected chi connectivity index (χ2v) is 6.51. The van der Waals surface area contributed by atoms with Gasteiger partial charge in [-0.05, 0) is 25.3 Å². The summed E-state index contributed by atoms with van der Waals surface area (Å²) in [6.45, 7) is 9.94. The smallest absolute Gasteiger partial charge is 0.0594 e. The summed E-state index contributed by atoms with van der Waals surface area (Å²) in [6, 6.07) is 11.4. The van der Waals surface area contributed by atoms with Gasteiger partial charge < -0.3 is 4.74 Å². The van der Waals surface area contributed by atoms with Crippen molar-refractivity contribution in [1.82, 2.24) is 9.80 Å². The number of rotatable bonds is 4. The first kappa shape index (κ1) is 15.7. The van der Waals surface area contributed by atoms with Gasteiger partial charge in [0, 0.05) is 38.8 Å². The molecule has 0 aliphatic carbocycles. The van der Waals surface area contributed by atoms with E-state index in [1.165, 1.54) is 38.0 Å². The van der Waals surface area contributed by atoms with Gasteiger partial charge in [-0.1, -0.05) is 42.0 Å². The zero-order chi connectivity index (χ0) is 15.2. The van der Waals surface area contributed by atoms with Gasteiger partial charge in [0.2, 0.25) is 0 Å². The van der Waals surface area contributed by atoms with Crippen LogP contribution in [0.25, 0.3) is 6.08 Å². The molecule has 1 aromatic carbocycles. The summed E-state index contributed by atoms with van der Waals surface area (Å²) in [5.74, 6) is 0. The van der Waals surface area contributed by atoms with Crippen molar-refractivity contribution in [3.8, 4) is 0 Å². The van der Waals surface area contributed by atoms with Crippen LogP contribution in [0.2, 0.25) is 0 Å². The van der Waals surface area contributed by atoms with Gasteiger partial charge in [0.15, 0.2) is 0 Å². The third-order valence-electron chi connectivity index (χ3n) is 4.86. The van der Waals surface area contributed by atoms with Crippen LogP contribution in [-0.4, -0.2) is 61.8 Å². The molecule has 2 fully saturated rings. The van der Waals surface area contributed by atoms with Crippen molar-refractivity contribution in [2.45, 2.75) is 25.8 Å². The first-order valence-corrected chi connectivity index (χ1v) is 8.60. The van der Waals surface area contributed by atoms with E-state index in [4.69, 9.17) is 4.74 Å². The lowest BCUT2D eigenvalue weighted by molar-refractivity contribution is 0.0237. The number of hydrogen-bond acceptors (Lipinski definition) is 3. The van der Waals surface area contributed by atoms with Crippen LogP contribution >= 0.6 is 0 Å². The van der Waals surface area contributed by atoms with Crippen LogP contribution < -0.4 is 0 Å². The molecule has 2 saturated heterocycles. The zero-order valence-electron chi connectivity index (χ0n) is 13.7. The third-order valence-corrected chi connectivity index (χ3v) is 4.86. The summed E-state index contributed by atoms with van der Waals surface area (Å²) in [7, 11) is 0. The highest BCUT2D eigenvalue weighted by Gasteiger charge is 2.21. The topological polar surface area (TPSA) is 15.7 Å². The third kappa shape index (κ3) is 4.42. The Kier molecular flexibility index (Phi) is 5.65. The molecule has 2 heterocycles. The predicted molar refractivity (Wildman–Crippen MR) is 91.9 cm³/mol. The highest BCUT2D eigenvalue weighted by molar-refractivity contribution is 5.52. The van der Waals surface area contributed by atoms with Crippen LogP contribution in [0.3, 0.4) is 0 Å². The highest BCUT2D eigenvalue weighted by Crippen LogP contribution is 2.21. The second-order valence-electron chi connectivity index (χ2n) is 6.51. The summed E-state index contributed by atoms with van der Waals surface area (Å²) >= 11 is 0. The molecule has 0 amide bonds. The van der Waals surface area contributed by atoms with Gasteiger partial charge in [0.1, 0.15) is 0 Å². The minimum atomic E-state index is 0.649. The monoisotopic (exact) mass is 300 g/mol. The van der Waals surface area contributed by atoms with E-state index in [0.717, 1.165) is 26.3 Å². The van der Waals surface area contributed by atoms with Crippen LogP contribution in [0.4, 0.5) is 0 Å². The fourth-order valence-electron chi connectivity index (χ4n) is 3.45. The van der Waals surface area contributed by atoms with E-state index in [1.54, 1.807) is 5.57 Å². The number of nitrogens with zero attached hydrogens (tertiary/aromatic N) is 2. The number of likely N-dealkylation sites (tertiary alicyclic amines) is 1. The number of hydrogen-bond donors (Lipinski definition) is 0. The van der Waals surface area contributed by atoms with Crippen molar-refractivity contribution in [1.29, 1.82) is 0 Å². The molecule has 3 rings (SSSR count). The first-order valence-electron chi connectivity index (χ1n) is 8.60. The molecule has 0 bridgehead atoms. The molecular weight excluding hydrogens is 272 g/mol. The molecule has 0 spiro atoms. The maximum atomic E-state index is 5.43. The van der Waals surface area contributed by atoms with Crippen molar-refractivity contribution in [3.05, 3.63) is 41.5 Å². The molecule has 0 saturated carbocycles. The Bertz CT molecular complexity index is 469. The average Bonchev–Trinajstić information content (AvgIpc) is 2.57. The fraction of sp³-hybridized carbons (Fsp3) is 0.579. The molecule has 0 radical (unpaired) electrons. The Balaban J connectivity index is 1.47. The number of ether oxygens (including phenoxy) is 1. The molecule has 22 heavy (non-hydrogen) atoms. The molecular formula is C19H28N2O. The summed E-state index contributed by atoms with van der Waals surface area (Å²) in [4.78, 5) is 5.20. The number of morpholine rings is 1. The van der Waals surface area contributed by atoms with Gasteiger partial charge in [0.25, 0.3) is 0 Å². The normalized spacial score (nSPS) is 22.5. The Labute approximate surface area is 134 Å². The van der Waals surface area contributed by atoms with Crippen LogP contribution in [0.5, 0.6) is 0 Å².